The molecule has 1 aliphatic heterocycles. The van der Waals surface area contributed by atoms with Crippen LogP contribution in [0.2, 0.25) is 0 Å². The van der Waals surface area contributed by atoms with Crippen molar-refractivity contribution in [2.75, 3.05) is 44.7 Å². The Morgan fingerprint density at radius 2 is 1.86 bits per heavy atom. The van der Waals surface area contributed by atoms with Gasteiger partial charge in [-0.05, 0) is 79.6 Å². The van der Waals surface area contributed by atoms with Crippen molar-refractivity contribution in [1.29, 1.82) is 5.26 Å². The van der Waals surface area contributed by atoms with E-state index in [2.05, 4.69) is 58.6 Å². The Labute approximate surface area is 217 Å². The van der Waals surface area contributed by atoms with Gasteiger partial charge in [-0.1, -0.05) is 25.1 Å². The third-order valence-corrected chi connectivity index (χ3v) is 8.20. The summed E-state index contributed by atoms with van der Waals surface area (Å²) >= 11 is 1.56. The minimum atomic E-state index is -0.544. The van der Waals surface area contributed by atoms with Gasteiger partial charge in [0.2, 0.25) is 0 Å². The van der Waals surface area contributed by atoms with Gasteiger partial charge in [0, 0.05) is 53.8 Å². The molecule has 1 aliphatic rings. The van der Waals surface area contributed by atoms with E-state index in [9.17, 15) is 15.2 Å². The van der Waals surface area contributed by atoms with Crippen molar-refractivity contribution in [2.45, 2.75) is 32.2 Å². The summed E-state index contributed by atoms with van der Waals surface area (Å²) in [5.41, 5.74) is 1.91. The first kappa shape index (κ1) is 25.9. The van der Waals surface area contributed by atoms with Crippen LogP contribution in [0.4, 0.5) is 5.69 Å². The number of nitriles is 1. The van der Waals surface area contributed by atoms with E-state index < -0.39 is 11.4 Å². The highest BCUT2D eigenvalue weighted by Gasteiger charge is 2.25. The van der Waals surface area contributed by atoms with Crippen LogP contribution in [0.25, 0.3) is 27.3 Å². The fraction of sp³-hybridized carbons (Fsp3) is 0.379. The normalized spacial score (nSPS) is 16.5. The van der Waals surface area contributed by atoms with Gasteiger partial charge in [0.15, 0.2) is 0 Å². The standard InChI is InChI=1S/C29H34N4O2S/c1-4-29(2,11-16-34)31-28(35)24(20-30)19-26-9-10-27(36-26)23-6-5-22-18-25(8-7-21(22)17-23)33-14-12-32(3)13-15-33/h5-10,17-19,34H,4,11-16H2,1-3H3,(H,31,35)/b24-19+. The molecular weight excluding hydrogens is 468 g/mol. The molecule has 1 fully saturated rings. The third kappa shape index (κ3) is 5.96. The molecule has 188 valence electrons. The summed E-state index contributed by atoms with van der Waals surface area (Å²) in [6, 6.07) is 19.2. The zero-order valence-corrected chi connectivity index (χ0v) is 22.1. The van der Waals surface area contributed by atoms with Crippen LogP contribution in [0.3, 0.4) is 0 Å². The van der Waals surface area contributed by atoms with Gasteiger partial charge in [-0.3, -0.25) is 4.79 Å². The molecule has 1 unspecified atom stereocenters. The van der Waals surface area contributed by atoms with Crippen LogP contribution in [0.1, 0.15) is 31.6 Å². The Kier molecular flexibility index (Phi) is 8.10. The minimum absolute atomic E-state index is 0.0204. The second-order valence-corrected chi connectivity index (χ2v) is 10.9. The van der Waals surface area contributed by atoms with Gasteiger partial charge in [0.25, 0.3) is 5.91 Å². The zero-order chi connectivity index (χ0) is 25.7. The van der Waals surface area contributed by atoms with Crippen LogP contribution < -0.4 is 10.2 Å². The number of piperazine rings is 1. The molecular formula is C29H34N4O2S. The van der Waals surface area contributed by atoms with Crippen molar-refractivity contribution < 1.29 is 9.90 Å². The molecule has 36 heavy (non-hydrogen) atoms. The van der Waals surface area contributed by atoms with Crippen LogP contribution in [-0.4, -0.2) is 61.3 Å². The number of aliphatic hydroxyl groups is 1. The van der Waals surface area contributed by atoms with Crippen molar-refractivity contribution in [1.82, 2.24) is 10.2 Å². The monoisotopic (exact) mass is 502 g/mol. The first-order chi connectivity index (χ1) is 17.3. The lowest BCUT2D eigenvalue weighted by atomic mass is 9.94. The molecule has 7 heteroatoms. The number of carbonyl (C=O) groups excluding carboxylic acids is 1. The second-order valence-electron chi connectivity index (χ2n) is 9.75. The van der Waals surface area contributed by atoms with Crippen LogP contribution in [0.15, 0.2) is 54.1 Å². The number of carbonyl (C=O) groups is 1. The molecule has 4 rings (SSSR count). The molecule has 0 aliphatic carbocycles. The van der Waals surface area contributed by atoms with Crippen molar-refractivity contribution in [3.8, 4) is 16.5 Å². The molecule has 2 aromatic carbocycles. The average Bonchev–Trinajstić information content (AvgIpc) is 3.36. The predicted octanol–water partition coefficient (Wildman–Crippen LogP) is 4.89. The number of likely N-dealkylation sites (N-methyl/N-ethyl adjacent to an activating group) is 1. The number of amides is 1. The van der Waals surface area contributed by atoms with E-state index in [0.717, 1.165) is 41.5 Å². The fourth-order valence-corrected chi connectivity index (χ4v) is 5.39. The van der Waals surface area contributed by atoms with Gasteiger partial charge in [0.1, 0.15) is 11.6 Å². The topological polar surface area (TPSA) is 79.6 Å². The summed E-state index contributed by atoms with van der Waals surface area (Å²) in [4.78, 5) is 19.5. The summed E-state index contributed by atoms with van der Waals surface area (Å²) in [5.74, 6) is -0.410. The van der Waals surface area contributed by atoms with Gasteiger partial charge >= 0.3 is 0 Å². The largest absolute Gasteiger partial charge is 0.396 e. The summed E-state index contributed by atoms with van der Waals surface area (Å²) in [5, 5.41) is 24.2. The number of thiophene rings is 1. The van der Waals surface area contributed by atoms with E-state index >= 15 is 0 Å². The quantitative estimate of drug-likeness (QED) is 0.339. The second kappa shape index (κ2) is 11.3. The fourth-order valence-electron chi connectivity index (χ4n) is 4.44. The Morgan fingerprint density at radius 3 is 2.56 bits per heavy atom. The lowest BCUT2D eigenvalue weighted by molar-refractivity contribution is -0.118. The molecule has 6 nitrogen and oxygen atoms in total. The average molecular weight is 503 g/mol. The summed E-state index contributed by atoms with van der Waals surface area (Å²) in [6.07, 6.45) is 2.75. The van der Waals surface area contributed by atoms with Crippen LogP contribution >= 0.6 is 11.3 Å². The highest BCUT2D eigenvalue weighted by atomic mass is 32.1. The minimum Gasteiger partial charge on any atom is -0.396 e. The van der Waals surface area contributed by atoms with Crippen molar-refractivity contribution >= 4 is 39.8 Å². The Balaban J connectivity index is 1.51. The number of rotatable bonds is 8. The van der Waals surface area contributed by atoms with Crippen molar-refractivity contribution in [3.05, 3.63) is 59.0 Å². The summed E-state index contributed by atoms with van der Waals surface area (Å²) in [7, 11) is 2.17. The third-order valence-electron chi connectivity index (χ3n) is 7.11. The van der Waals surface area contributed by atoms with E-state index in [1.807, 2.05) is 32.0 Å². The Morgan fingerprint density at radius 1 is 1.14 bits per heavy atom. The Hall–Kier alpha value is -3.18. The number of nitrogens with zero attached hydrogens (tertiary/aromatic N) is 3. The number of benzene rings is 2. The number of hydrogen-bond acceptors (Lipinski definition) is 6. The zero-order valence-electron chi connectivity index (χ0n) is 21.3. The Bertz CT molecular complexity index is 1300. The van der Waals surface area contributed by atoms with E-state index in [0.29, 0.717) is 12.8 Å². The van der Waals surface area contributed by atoms with Crippen LogP contribution in [0, 0.1) is 11.3 Å². The lowest BCUT2D eigenvalue weighted by Gasteiger charge is -2.34. The highest BCUT2D eigenvalue weighted by molar-refractivity contribution is 7.16. The molecule has 2 heterocycles. The van der Waals surface area contributed by atoms with Gasteiger partial charge < -0.3 is 20.2 Å². The van der Waals surface area contributed by atoms with E-state index in [1.165, 1.54) is 16.5 Å². The lowest BCUT2D eigenvalue weighted by Crippen LogP contribution is -2.46. The summed E-state index contributed by atoms with van der Waals surface area (Å²) in [6.45, 7) is 8.08. The molecule has 3 aromatic rings. The molecule has 1 atom stereocenters. The number of nitrogens with one attached hydrogen (secondary N) is 1. The molecule has 0 spiro atoms. The maximum atomic E-state index is 12.7. The number of hydrogen-bond donors (Lipinski definition) is 2. The first-order valence-corrected chi connectivity index (χ1v) is 13.3. The molecule has 1 saturated heterocycles. The number of anilines is 1. The van der Waals surface area contributed by atoms with Crippen LogP contribution in [0.5, 0.6) is 0 Å². The van der Waals surface area contributed by atoms with E-state index in [-0.39, 0.29) is 12.2 Å². The number of fused-ring (bicyclic) bond motifs is 1. The van der Waals surface area contributed by atoms with Crippen molar-refractivity contribution in [2.24, 2.45) is 0 Å². The first-order valence-electron chi connectivity index (χ1n) is 12.5. The SMILES string of the molecule is CCC(C)(CCO)NC(=O)/C(C#N)=C/c1ccc(-c2ccc3cc(N4CCN(C)CC4)ccc3c2)s1. The molecule has 1 amide bonds. The maximum absolute atomic E-state index is 12.7. The smallest absolute Gasteiger partial charge is 0.262 e. The van der Waals surface area contributed by atoms with Crippen LogP contribution in [-0.2, 0) is 4.79 Å². The van der Waals surface area contributed by atoms with Gasteiger partial charge in [-0.25, -0.2) is 0 Å². The van der Waals surface area contributed by atoms with E-state index in [4.69, 9.17) is 0 Å². The maximum Gasteiger partial charge on any atom is 0.262 e. The molecule has 0 bridgehead atoms. The van der Waals surface area contributed by atoms with Crippen molar-refractivity contribution in [3.63, 3.8) is 0 Å². The molecule has 0 saturated carbocycles. The van der Waals surface area contributed by atoms with Gasteiger partial charge in [-0.2, -0.15) is 5.26 Å². The molecule has 1 aromatic heterocycles. The van der Waals surface area contributed by atoms with Gasteiger partial charge in [-0.15, -0.1) is 11.3 Å². The summed E-state index contributed by atoms with van der Waals surface area (Å²) < 4.78 is 0. The van der Waals surface area contributed by atoms with E-state index in [1.54, 1.807) is 17.4 Å². The molecule has 2 N–H and O–H groups in total. The predicted molar refractivity (Wildman–Crippen MR) is 149 cm³/mol. The molecule has 0 radical (unpaired) electrons. The highest BCUT2D eigenvalue weighted by Crippen LogP contribution is 2.33. The van der Waals surface area contributed by atoms with Gasteiger partial charge in [0.05, 0.1) is 0 Å². The number of aliphatic hydroxyl groups excluding tert-OH is 1.